The van der Waals surface area contributed by atoms with Gasteiger partial charge in [-0.05, 0) is 98.5 Å². The van der Waals surface area contributed by atoms with Gasteiger partial charge in [0.25, 0.3) is 0 Å². The number of benzene rings is 11. The summed E-state index contributed by atoms with van der Waals surface area (Å²) in [6.07, 6.45) is 0. The molecule has 11 aromatic carbocycles. The van der Waals surface area contributed by atoms with Crippen LogP contribution in [-0.4, -0.2) is 18.3 Å². The van der Waals surface area contributed by atoms with Gasteiger partial charge in [0.1, 0.15) is 11.6 Å². The van der Waals surface area contributed by atoms with Crippen molar-refractivity contribution in [1.82, 2.24) is 18.3 Å². The van der Waals surface area contributed by atoms with Gasteiger partial charge in [0.05, 0.1) is 66.9 Å². The van der Waals surface area contributed by atoms with Gasteiger partial charge in [-0.3, -0.25) is 0 Å². The molecule has 5 heterocycles. The van der Waals surface area contributed by atoms with E-state index in [1.807, 2.05) is 11.3 Å². The van der Waals surface area contributed by atoms with Crippen LogP contribution in [0.1, 0.15) is 111 Å². The number of hydrogen-bond acceptors (Lipinski definition) is 2. The van der Waals surface area contributed by atoms with Crippen molar-refractivity contribution in [2.24, 2.45) is 0 Å². The van der Waals surface area contributed by atoms with Crippen molar-refractivity contribution in [2.45, 2.75) is 105 Å². The fourth-order valence-corrected chi connectivity index (χ4v) is 16.6. The summed E-state index contributed by atoms with van der Waals surface area (Å²) in [6.45, 7) is 28.0. The van der Waals surface area contributed by atoms with Crippen molar-refractivity contribution in [1.29, 1.82) is 5.26 Å². The van der Waals surface area contributed by atoms with E-state index in [-0.39, 0.29) is 21.7 Å². The Labute approximate surface area is 523 Å². The summed E-state index contributed by atoms with van der Waals surface area (Å²) in [6, 6.07) is 82.6. The first kappa shape index (κ1) is 54.7. The molecule has 0 spiro atoms. The standard InChI is InChI=1S/C83H71N5S/c1-80(2,3)57-35-24-43-65-70(57)51-29-13-18-39-61(51)85(65)75-56(48-84)76(86-62-40-19-14-30-52(62)71-58(81(4,5)6)36-25-44-66(71)86)78(88-64-42-21-16-32-54(64)73-60(83(10,11)12)38-27-46-68(73)88)74(55-34-23-33-50-49-28-17-22-47-69(49)89-79(50)55)77(75)87-63-41-20-15-31-53(63)72-59(82(7,8)9)37-26-45-67(72)87/h13-47H,1-12H3. The Morgan fingerprint density at radius 2 is 0.573 bits per heavy atom. The molecule has 16 rings (SSSR count). The number of nitrogens with zero attached hydrogens (tertiary/aromatic N) is 5. The quantitative estimate of drug-likeness (QED) is 0.169. The molecule has 0 atom stereocenters. The molecule has 0 bridgehead atoms. The van der Waals surface area contributed by atoms with Crippen molar-refractivity contribution in [3.05, 3.63) is 240 Å². The highest BCUT2D eigenvalue weighted by molar-refractivity contribution is 7.26. The minimum atomic E-state index is -0.223. The molecule has 16 aromatic rings. The van der Waals surface area contributed by atoms with Crippen LogP contribution in [0.25, 0.3) is 141 Å². The predicted octanol–water partition coefficient (Wildman–Crippen LogP) is 23.2. The predicted molar refractivity (Wildman–Crippen MR) is 382 cm³/mol. The minimum absolute atomic E-state index is 0.220. The third-order valence-corrected chi connectivity index (χ3v) is 20.3. The molecule has 434 valence electrons. The topological polar surface area (TPSA) is 43.5 Å². The van der Waals surface area contributed by atoms with Gasteiger partial charge in [0.15, 0.2) is 0 Å². The lowest BCUT2D eigenvalue weighted by Crippen LogP contribution is -2.17. The maximum absolute atomic E-state index is 13.5. The zero-order valence-electron chi connectivity index (χ0n) is 52.9. The molecule has 0 aliphatic heterocycles. The van der Waals surface area contributed by atoms with Crippen molar-refractivity contribution >= 4 is 119 Å². The number of aromatic nitrogens is 4. The molecule has 0 N–H and O–H groups in total. The van der Waals surface area contributed by atoms with Crippen LogP contribution in [0.5, 0.6) is 0 Å². The Kier molecular flexibility index (Phi) is 11.8. The first-order valence-electron chi connectivity index (χ1n) is 31.4. The van der Waals surface area contributed by atoms with Crippen LogP contribution in [0.15, 0.2) is 212 Å². The number of nitriles is 1. The third-order valence-electron chi connectivity index (χ3n) is 19.1. The van der Waals surface area contributed by atoms with Gasteiger partial charge in [-0.25, -0.2) is 0 Å². The van der Waals surface area contributed by atoms with Gasteiger partial charge in [-0.2, -0.15) is 5.26 Å². The van der Waals surface area contributed by atoms with Gasteiger partial charge in [0, 0.05) is 74.4 Å². The third kappa shape index (κ3) is 7.84. The van der Waals surface area contributed by atoms with Crippen molar-refractivity contribution < 1.29 is 0 Å². The molecular weight excluding hydrogens is 1100 g/mol. The van der Waals surface area contributed by atoms with E-state index in [1.165, 1.54) is 64.0 Å². The van der Waals surface area contributed by atoms with E-state index in [0.717, 1.165) is 99.6 Å². The fourth-order valence-electron chi connectivity index (χ4n) is 15.4. The Balaban J connectivity index is 1.31. The van der Waals surface area contributed by atoms with Crippen LogP contribution in [0, 0.1) is 11.3 Å². The Hall–Kier alpha value is -9.67. The van der Waals surface area contributed by atoms with Crippen LogP contribution in [0.3, 0.4) is 0 Å². The van der Waals surface area contributed by atoms with Crippen LogP contribution in [0.2, 0.25) is 0 Å². The smallest absolute Gasteiger partial charge is 0.104 e. The summed E-state index contributed by atoms with van der Waals surface area (Å²) >= 11 is 1.86. The molecule has 0 unspecified atom stereocenters. The summed E-state index contributed by atoms with van der Waals surface area (Å²) in [7, 11) is 0. The molecule has 0 fully saturated rings. The molecule has 0 radical (unpaired) electrons. The Bertz CT molecular complexity index is 5440. The Morgan fingerprint density at radius 1 is 0.292 bits per heavy atom. The van der Waals surface area contributed by atoms with Crippen molar-refractivity contribution in [2.75, 3.05) is 0 Å². The molecule has 0 amide bonds. The van der Waals surface area contributed by atoms with Gasteiger partial charge < -0.3 is 18.3 Å². The highest BCUT2D eigenvalue weighted by Gasteiger charge is 2.38. The number of thiophene rings is 1. The van der Waals surface area contributed by atoms with Crippen LogP contribution in [0.4, 0.5) is 0 Å². The van der Waals surface area contributed by atoms with E-state index in [0.29, 0.717) is 5.56 Å². The average molecular weight is 1170 g/mol. The van der Waals surface area contributed by atoms with Gasteiger partial charge in [-0.15, -0.1) is 11.3 Å². The Morgan fingerprint density at radius 3 is 0.910 bits per heavy atom. The molecule has 0 aliphatic rings. The van der Waals surface area contributed by atoms with E-state index in [1.54, 1.807) is 0 Å². The highest BCUT2D eigenvalue weighted by Crippen LogP contribution is 2.56. The molecular formula is C83H71N5S. The normalized spacial score (nSPS) is 12.9. The van der Waals surface area contributed by atoms with Gasteiger partial charge in [0.2, 0.25) is 0 Å². The monoisotopic (exact) mass is 1170 g/mol. The lowest BCUT2D eigenvalue weighted by Gasteiger charge is -2.30. The summed E-state index contributed by atoms with van der Waals surface area (Å²) in [4.78, 5) is 0. The van der Waals surface area contributed by atoms with E-state index in [2.05, 4.69) is 320 Å². The van der Waals surface area contributed by atoms with Crippen LogP contribution in [-0.2, 0) is 21.7 Å². The second-order valence-electron chi connectivity index (χ2n) is 28.7. The van der Waals surface area contributed by atoms with E-state index >= 15 is 0 Å². The largest absolute Gasteiger partial charge is 0.306 e. The second-order valence-corrected chi connectivity index (χ2v) is 29.8. The highest BCUT2D eigenvalue weighted by atomic mass is 32.1. The van der Waals surface area contributed by atoms with Crippen molar-refractivity contribution in [3.63, 3.8) is 0 Å². The summed E-state index contributed by atoms with van der Waals surface area (Å²) < 4.78 is 12.6. The molecule has 0 saturated heterocycles. The number of fused-ring (bicyclic) bond motifs is 15. The van der Waals surface area contributed by atoms with Crippen LogP contribution >= 0.6 is 11.3 Å². The maximum Gasteiger partial charge on any atom is 0.104 e. The summed E-state index contributed by atoms with van der Waals surface area (Å²) in [5.74, 6) is 0. The molecule has 89 heavy (non-hydrogen) atoms. The van der Waals surface area contributed by atoms with Crippen molar-refractivity contribution in [3.8, 4) is 39.9 Å². The maximum atomic E-state index is 13.5. The first-order valence-corrected chi connectivity index (χ1v) is 32.2. The first-order chi connectivity index (χ1) is 42.8. The fraction of sp³-hybridized carbons (Fsp3) is 0.193. The number of para-hydroxylation sites is 4. The molecule has 0 aliphatic carbocycles. The number of rotatable bonds is 5. The van der Waals surface area contributed by atoms with E-state index in [4.69, 9.17) is 0 Å². The van der Waals surface area contributed by atoms with Gasteiger partial charge >= 0.3 is 0 Å². The molecule has 0 saturated carbocycles. The molecule has 5 nitrogen and oxygen atoms in total. The zero-order valence-corrected chi connectivity index (χ0v) is 53.7. The zero-order chi connectivity index (χ0) is 61.4. The minimum Gasteiger partial charge on any atom is -0.306 e. The molecule has 5 aromatic heterocycles. The molecule has 6 heteroatoms. The second kappa shape index (κ2) is 19.2. The SMILES string of the molecule is CC(C)(C)c1cccc2c1c1ccccc1n2-c1c(C#N)c(-n2c3ccccc3c3c(C(C)(C)C)cccc32)c(-n2c3ccccc3c3c(C(C)(C)C)cccc32)c(-c2cccc3c2sc2ccccc23)c1-n1c2ccccc2c2c(C(C)(C)C)cccc21. The average Bonchev–Trinajstić information content (AvgIpc) is 1.59. The lowest BCUT2D eigenvalue weighted by atomic mass is 9.84. The summed E-state index contributed by atoms with van der Waals surface area (Å²) in [5, 5.41) is 25.3. The van der Waals surface area contributed by atoms with E-state index < -0.39 is 0 Å². The van der Waals surface area contributed by atoms with Crippen LogP contribution < -0.4 is 0 Å². The van der Waals surface area contributed by atoms with Gasteiger partial charge in [-0.1, -0.05) is 241 Å². The summed E-state index contributed by atoms with van der Waals surface area (Å²) in [5.41, 5.74) is 18.7. The lowest BCUT2D eigenvalue weighted by molar-refractivity contribution is 0.596. The van der Waals surface area contributed by atoms with E-state index in [9.17, 15) is 5.26 Å². The number of hydrogen-bond donors (Lipinski definition) is 0.